The van der Waals surface area contributed by atoms with Gasteiger partial charge in [-0.25, -0.2) is 0 Å². The lowest BCUT2D eigenvalue weighted by molar-refractivity contribution is -0.141. The Hall–Kier alpha value is -0.870. The van der Waals surface area contributed by atoms with Crippen LogP contribution in [0, 0.1) is 40.4 Å². The molecule has 4 aliphatic rings. The fourth-order valence-electron chi connectivity index (χ4n) is 8.41. The summed E-state index contributed by atoms with van der Waals surface area (Å²) in [7, 11) is 3.36. The fraction of sp³-hybridized carbons (Fsp3) is 0.885. The third-order valence-corrected chi connectivity index (χ3v) is 10.1. The number of carbonyl (C=O) groups excluding carboxylic acids is 1. The van der Waals surface area contributed by atoms with Crippen LogP contribution in [0.2, 0.25) is 0 Å². The average molecular weight is 419 g/mol. The standard InChI is InChI=1S/C26H42O4/c1-16(6-11-24(28)30-5)20-9-10-21-19-8-7-17-14-18(27)12-13-25(17,2)22(19)15-23(29-4)26(20,21)3/h15-21,23,27H,6-14H2,1-5H3/t16-,17+,18+,19-,20-,21+,23-,25-,26+/m0/s1. The second-order valence-electron chi connectivity index (χ2n) is 11.3. The highest BCUT2D eigenvalue weighted by Crippen LogP contribution is 2.66. The van der Waals surface area contributed by atoms with Gasteiger partial charge in [0.15, 0.2) is 0 Å². The minimum absolute atomic E-state index is 0.0959. The molecule has 4 aliphatic carbocycles. The summed E-state index contributed by atoms with van der Waals surface area (Å²) in [5.41, 5.74) is 2.02. The Labute approximate surface area is 182 Å². The van der Waals surface area contributed by atoms with Crippen LogP contribution in [0.15, 0.2) is 11.6 Å². The maximum absolute atomic E-state index is 11.7. The van der Waals surface area contributed by atoms with Gasteiger partial charge < -0.3 is 14.6 Å². The van der Waals surface area contributed by atoms with E-state index in [1.807, 2.05) is 7.11 Å². The van der Waals surface area contributed by atoms with E-state index in [0.29, 0.717) is 36.0 Å². The first-order valence-corrected chi connectivity index (χ1v) is 12.3. The molecule has 0 unspecified atom stereocenters. The highest BCUT2D eigenvalue weighted by atomic mass is 16.5. The topological polar surface area (TPSA) is 55.8 Å². The van der Waals surface area contributed by atoms with Gasteiger partial charge in [0.25, 0.3) is 0 Å². The Bertz CT molecular complexity index is 687. The Morgan fingerprint density at radius 2 is 1.97 bits per heavy atom. The van der Waals surface area contributed by atoms with Crippen LogP contribution < -0.4 is 0 Å². The molecule has 4 nitrogen and oxygen atoms in total. The largest absolute Gasteiger partial charge is 0.469 e. The van der Waals surface area contributed by atoms with Crippen LogP contribution in [-0.4, -0.2) is 37.5 Å². The molecule has 9 atom stereocenters. The molecule has 0 aromatic rings. The number of fused-ring (bicyclic) bond motifs is 5. The van der Waals surface area contributed by atoms with Crippen molar-refractivity contribution in [3.8, 4) is 0 Å². The van der Waals surface area contributed by atoms with Gasteiger partial charge in [-0.2, -0.15) is 0 Å². The van der Waals surface area contributed by atoms with Crippen molar-refractivity contribution >= 4 is 5.97 Å². The molecule has 0 spiro atoms. The summed E-state index contributed by atoms with van der Waals surface area (Å²) < 4.78 is 11.1. The number of allylic oxidation sites excluding steroid dienone is 1. The molecule has 1 N–H and O–H groups in total. The maximum atomic E-state index is 11.7. The first-order chi connectivity index (χ1) is 14.3. The van der Waals surface area contributed by atoms with E-state index in [4.69, 9.17) is 9.47 Å². The van der Waals surface area contributed by atoms with E-state index in [1.54, 1.807) is 5.57 Å². The summed E-state index contributed by atoms with van der Waals surface area (Å²) in [5, 5.41) is 10.3. The van der Waals surface area contributed by atoms with E-state index in [9.17, 15) is 9.90 Å². The van der Waals surface area contributed by atoms with Crippen LogP contribution >= 0.6 is 0 Å². The molecule has 0 aliphatic heterocycles. The second-order valence-corrected chi connectivity index (χ2v) is 11.3. The van der Waals surface area contributed by atoms with Crippen molar-refractivity contribution in [1.29, 1.82) is 0 Å². The molecule has 0 aromatic heterocycles. The van der Waals surface area contributed by atoms with Gasteiger partial charge in [0, 0.05) is 18.9 Å². The number of hydrogen-bond acceptors (Lipinski definition) is 4. The molecular formula is C26H42O4. The van der Waals surface area contributed by atoms with Crippen molar-refractivity contribution in [3.05, 3.63) is 11.6 Å². The summed E-state index contributed by atoms with van der Waals surface area (Å²) in [6.45, 7) is 7.28. The van der Waals surface area contributed by atoms with Crippen molar-refractivity contribution < 1.29 is 19.4 Å². The van der Waals surface area contributed by atoms with Crippen molar-refractivity contribution in [3.63, 3.8) is 0 Å². The first kappa shape index (κ1) is 22.3. The summed E-state index contributed by atoms with van der Waals surface area (Å²) in [4.78, 5) is 11.7. The predicted octanol–water partition coefficient (Wildman–Crippen LogP) is 5.14. The molecule has 0 radical (unpaired) electrons. The highest BCUT2D eigenvalue weighted by molar-refractivity contribution is 5.69. The number of aliphatic hydroxyl groups is 1. The van der Waals surface area contributed by atoms with Gasteiger partial charge in [-0.05, 0) is 86.4 Å². The van der Waals surface area contributed by atoms with Crippen LogP contribution in [0.3, 0.4) is 0 Å². The molecule has 0 aromatic carbocycles. The van der Waals surface area contributed by atoms with Crippen molar-refractivity contribution in [2.24, 2.45) is 40.4 Å². The molecule has 30 heavy (non-hydrogen) atoms. The van der Waals surface area contributed by atoms with Crippen molar-refractivity contribution in [2.75, 3.05) is 14.2 Å². The first-order valence-electron chi connectivity index (χ1n) is 12.3. The summed E-state index contributed by atoms with van der Waals surface area (Å²) >= 11 is 0. The van der Waals surface area contributed by atoms with Gasteiger partial charge in [-0.15, -0.1) is 0 Å². The van der Waals surface area contributed by atoms with E-state index in [0.717, 1.165) is 25.7 Å². The van der Waals surface area contributed by atoms with Crippen LogP contribution in [0.4, 0.5) is 0 Å². The van der Waals surface area contributed by atoms with Gasteiger partial charge >= 0.3 is 5.97 Å². The third kappa shape index (κ3) is 3.37. The fourth-order valence-corrected chi connectivity index (χ4v) is 8.41. The zero-order valence-corrected chi connectivity index (χ0v) is 19.7. The van der Waals surface area contributed by atoms with Crippen molar-refractivity contribution in [1.82, 2.24) is 0 Å². The molecule has 0 amide bonds. The van der Waals surface area contributed by atoms with E-state index in [-0.39, 0.29) is 29.0 Å². The van der Waals surface area contributed by atoms with Crippen LogP contribution in [0.25, 0.3) is 0 Å². The Balaban J connectivity index is 1.63. The molecule has 170 valence electrons. The van der Waals surface area contributed by atoms with Gasteiger partial charge in [-0.1, -0.05) is 32.4 Å². The Morgan fingerprint density at radius 1 is 1.20 bits per heavy atom. The molecule has 4 rings (SSSR count). The molecule has 4 heteroatoms. The van der Waals surface area contributed by atoms with Crippen molar-refractivity contribution in [2.45, 2.75) is 90.8 Å². The molecule has 3 saturated carbocycles. The summed E-state index contributed by atoms with van der Waals surface area (Å²) in [6, 6.07) is 0. The molecule has 0 bridgehead atoms. The lowest BCUT2D eigenvalue weighted by Crippen LogP contribution is -2.53. The van der Waals surface area contributed by atoms with Crippen LogP contribution in [0.1, 0.15) is 78.6 Å². The third-order valence-electron chi connectivity index (χ3n) is 10.1. The maximum Gasteiger partial charge on any atom is 0.305 e. The quantitative estimate of drug-likeness (QED) is 0.496. The van der Waals surface area contributed by atoms with E-state index in [1.165, 1.54) is 32.8 Å². The van der Waals surface area contributed by atoms with Crippen LogP contribution in [0.5, 0.6) is 0 Å². The lowest BCUT2D eigenvalue weighted by atomic mass is 9.47. The van der Waals surface area contributed by atoms with Gasteiger partial charge in [0.05, 0.1) is 19.3 Å². The molecule has 0 saturated heterocycles. The monoisotopic (exact) mass is 418 g/mol. The molecule has 3 fully saturated rings. The molecular weight excluding hydrogens is 376 g/mol. The zero-order valence-electron chi connectivity index (χ0n) is 19.7. The summed E-state index contributed by atoms with van der Waals surface area (Å²) in [6.07, 6.45) is 12.0. The highest BCUT2D eigenvalue weighted by Gasteiger charge is 2.61. The Morgan fingerprint density at radius 3 is 2.67 bits per heavy atom. The lowest BCUT2D eigenvalue weighted by Gasteiger charge is -2.58. The average Bonchev–Trinajstić information content (AvgIpc) is 3.09. The smallest absolute Gasteiger partial charge is 0.305 e. The number of rotatable bonds is 5. The van der Waals surface area contributed by atoms with E-state index in [2.05, 4.69) is 26.8 Å². The van der Waals surface area contributed by atoms with Gasteiger partial charge in [0.1, 0.15) is 0 Å². The number of carbonyl (C=O) groups is 1. The van der Waals surface area contributed by atoms with Gasteiger partial charge in [-0.3, -0.25) is 4.79 Å². The zero-order chi connectivity index (χ0) is 21.7. The van der Waals surface area contributed by atoms with Gasteiger partial charge in [0.2, 0.25) is 0 Å². The summed E-state index contributed by atoms with van der Waals surface area (Å²) in [5.74, 6) is 2.91. The minimum Gasteiger partial charge on any atom is -0.469 e. The molecule has 0 heterocycles. The number of aliphatic hydroxyl groups excluding tert-OH is 1. The Kier molecular flexibility index (Phi) is 6.13. The predicted molar refractivity (Wildman–Crippen MR) is 118 cm³/mol. The minimum atomic E-state index is -0.112. The number of methoxy groups -OCH3 is 2. The van der Waals surface area contributed by atoms with Crippen LogP contribution in [-0.2, 0) is 14.3 Å². The number of esters is 1. The SMILES string of the molecule is COC(=O)CC[C@H](C)[C@@H]1CC[C@@H]2[C@@H]3CC[C@@H]4C[C@H](O)CC[C@]4(C)C3=C[C@H](OC)[C@@]21C. The number of ether oxygens (including phenoxy) is 2. The number of hydrogen-bond donors (Lipinski definition) is 1. The van der Waals surface area contributed by atoms with E-state index < -0.39 is 0 Å². The second kappa shape index (κ2) is 8.24. The van der Waals surface area contributed by atoms with E-state index >= 15 is 0 Å². The normalized spacial score (nSPS) is 46.3.